The van der Waals surface area contributed by atoms with Gasteiger partial charge in [-0.05, 0) is 119 Å². The topological polar surface area (TPSA) is 4.93 Å². The summed E-state index contributed by atoms with van der Waals surface area (Å²) in [4.78, 5) is 0. The first-order chi connectivity index (χ1) is 24.5. The highest BCUT2D eigenvalue weighted by Crippen LogP contribution is 2.54. The summed E-state index contributed by atoms with van der Waals surface area (Å²) in [5.74, 6) is 0.254. The van der Waals surface area contributed by atoms with Crippen molar-refractivity contribution in [3.63, 3.8) is 0 Å². The van der Waals surface area contributed by atoms with Gasteiger partial charge in [-0.3, -0.25) is 0 Å². The number of benzene rings is 6. The third-order valence-electron chi connectivity index (χ3n) is 12.2. The van der Waals surface area contributed by atoms with Crippen molar-refractivity contribution in [2.24, 2.45) is 0 Å². The summed E-state index contributed by atoms with van der Waals surface area (Å²) in [6.07, 6.45) is 5.13. The number of hydrogen-bond donors (Lipinski definition) is 0. The van der Waals surface area contributed by atoms with Gasteiger partial charge in [0.15, 0.2) is 0 Å². The maximum atomic E-state index is 2.69. The Bertz CT molecular complexity index is 2710. The van der Waals surface area contributed by atoms with Crippen LogP contribution in [0.1, 0.15) is 97.4 Å². The van der Waals surface area contributed by atoms with Gasteiger partial charge in [0.25, 0.3) is 0 Å². The minimum absolute atomic E-state index is 0.0418. The largest absolute Gasteiger partial charge is 0.330 e. The van der Waals surface area contributed by atoms with Gasteiger partial charge in [0.05, 0.1) is 16.6 Å². The van der Waals surface area contributed by atoms with Crippen LogP contribution in [0.15, 0.2) is 109 Å². The molecule has 1 aliphatic carbocycles. The number of aromatic nitrogens is 1. The van der Waals surface area contributed by atoms with E-state index >= 15 is 0 Å². The van der Waals surface area contributed by atoms with Gasteiger partial charge in [0.2, 0.25) is 0 Å². The van der Waals surface area contributed by atoms with E-state index in [0.717, 1.165) is 0 Å². The molecule has 1 heteroatoms. The number of rotatable bonds is 2. The molecule has 1 nitrogen and oxygen atoms in total. The summed E-state index contributed by atoms with van der Waals surface area (Å²) < 4.78 is 2.69. The average molecular weight is 678 g/mol. The quantitative estimate of drug-likeness (QED) is 0.172. The first-order valence-electron chi connectivity index (χ1n) is 19.1. The molecule has 0 bridgehead atoms. The second kappa shape index (κ2) is 10.8. The Morgan fingerprint density at radius 1 is 0.481 bits per heavy atom. The molecule has 7 aromatic rings. The fourth-order valence-electron chi connectivity index (χ4n) is 8.99. The molecule has 2 heterocycles. The predicted octanol–water partition coefficient (Wildman–Crippen LogP) is 12.3. The first kappa shape index (κ1) is 33.0. The van der Waals surface area contributed by atoms with E-state index in [-0.39, 0.29) is 27.7 Å². The number of nitrogens with zero attached hydrogens (tertiary/aromatic N) is 1. The Kier molecular flexibility index (Phi) is 6.87. The molecular weight excluding hydrogens is 627 g/mol. The zero-order valence-electron chi connectivity index (χ0n) is 32.6. The van der Waals surface area contributed by atoms with Crippen molar-refractivity contribution in [3.05, 3.63) is 142 Å². The van der Waals surface area contributed by atoms with E-state index in [1.54, 1.807) is 0 Å². The molecule has 2 atom stereocenters. The normalized spacial score (nSPS) is 18.4. The lowest BCUT2D eigenvalue weighted by Gasteiger charge is -2.33. The van der Waals surface area contributed by atoms with Crippen LogP contribution in [0.5, 0.6) is 0 Å². The molecule has 0 amide bonds. The van der Waals surface area contributed by atoms with Crippen LogP contribution in [0.25, 0.3) is 67.0 Å². The Morgan fingerprint density at radius 3 is 1.63 bits per heavy atom. The number of hydrogen-bond acceptors (Lipinski definition) is 0. The van der Waals surface area contributed by atoms with E-state index in [9.17, 15) is 0 Å². The van der Waals surface area contributed by atoms with Crippen LogP contribution >= 0.6 is 0 Å². The third kappa shape index (κ3) is 5.03. The molecule has 0 N–H and O–H groups in total. The summed E-state index contributed by atoms with van der Waals surface area (Å²) in [5, 5.41) is 7.95. The van der Waals surface area contributed by atoms with Crippen molar-refractivity contribution in [1.82, 2.24) is 4.57 Å². The molecule has 0 spiro atoms. The second-order valence-electron chi connectivity index (χ2n) is 19.0. The van der Waals surface area contributed by atoms with E-state index < -0.39 is 0 Å². The minimum atomic E-state index is -0.241. The Hall–Kier alpha value is -4.88. The Morgan fingerprint density at radius 2 is 1.04 bits per heavy atom. The summed E-state index contributed by atoms with van der Waals surface area (Å²) in [5.41, 5.74) is 13.4. The molecule has 0 radical (unpaired) electrons. The van der Waals surface area contributed by atoms with E-state index in [1.165, 1.54) is 87.5 Å². The van der Waals surface area contributed by atoms with Crippen LogP contribution in [-0.2, 0) is 21.8 Å². The maximum absolute atomic E-state index is 2.69. The van der Waals surface area contributed by atoms with Gasteiger partial charge in [-0.25, -0.2) is 0 Å². The van der Waals surface area contributed by atoms with Crippen molar-refractivity contribution >= 4 is 44.7 Å². The molecule has 0 saturated heterocycles. The van der Waals surface area contributed by atoms with Gasteiger partial charge in [-0.15, -0.1) is 0 Å². The first-order valence-corrected chi connectivity index (χ1v) is 19.1. The zero-order valence-corrected chi connectivity index (χ0v) is 32.6. The monoisotopic (exact) mass is 677 g/mol. The summed E-state index contributed by atoms with van der Waals surface area (Å²) >= 11 is 0. The fourth-order valence-corrected chi connectivity index (χ4v) is 8.99. The van der Waals surface area contributed by atoms with Crippen LogP contribution in [-0.4, -0.2) is 4.57 Å². The highest BCUT2D eigenvalue weighted by atomic mass is 15.1. The average Bonchev–Trinajstić information content (AvgIpc) is 3.55. The lowest BCUT2D eigenvalue weighted by molar-refractivity contribution is 0.456. The van der Waals surface area contributed by atoms with Crippen molar-refractivity contribution < 1.29 is 0 Å². The second-order valence-corrected chi connectivity index (χ2v) is 19.0. The van der Waals surface area contributed by atoms with Crippen molar-refractivity contribution in [2.75, 3.05) is 0 Å². The van der Waals surface area contributed by atoms with Crippen LogP contribution in [0.4, 0.5) is 0 Å². The molecule has 1 aliphatic heterocycles. The van der Waals surface area contributed by atoms with Crippen LogP contribution < -0.4 is 10.4 Å². The molecule has 1 aromatic heterocycles. The van der Waals surface area contributed by atoms with Crippen molar-refractivity contribution in [3.8, 4) is 22.3 Å². The molecule has 6 aromatic carbocycles. The highest BCUT2D eigenvalue weighted by Gasteiger charge is 2.45. The lowest BCUT2D eigenvalue weighted by atomic mass is 9.76. The fraction of sp³-hybridized carbons (Fsp3) is 0.294. The van der Waals surface area contributed by atoms with Gasteiger partial charge < -0.3 is 4.57 Å². The predicted molar refractivity (Wildman–Crippen MR) is 225 cm³/mol. The SMILES string of the molecule is CC(C)(C)c1ccc(-c2ccc3c(c2)=CC2(C)C(C=3)c3cc(C(C)(C)C)cc4c5cc6ccc(-c7ccc(C(C)(C)C)cc7)cc6cc5n2c34)cc1. The maximum Gasteiger partial charge on any atom is 0.0718 e. The lowest BCUT2D eigenvalue weighted by Crippen LogP contribution is -2.40. The van der Waals surface area contributed by atoms with Gasteiger partial charge in [-0.2, -0.15) is 0 Å². The van der Waals surface area contributed by atoms with Crippen LogP contribution in [0, 0.1) is 0 Å². The van der Waals surface area contributed by atoms with Crippen LogP contribution in [0.3, 0.4) is 0 Å². The van der Waals surface area contributed by atoms with E-state index in [2.05, 4.69) is 195 Å². The van der Waals surface area contributed by atoms with Gasteiger partial charge in [-0.1, -0.05) is 153 Å². The molecule has 260 valence electrons. The molecule has 0 saturated carbocycles. The molecular formula is C51H51N. The summed E-state index contributed by atoms with van der Waals surface area (Å²) in [6.45, 7) is 23.2. The molecule has 2 aliphatic rings. The minimum Gasteiger partial charge on any atom is -0.330 e. The van der Waals surface area contributed by atoms with Crippen LogP contribution in [0.2, 0.25) is 0 Å². The molecule has 2 unspecified atom stereocenters. The van der Waals surface area contributed by atoms with Gasteiger partial charge in [0, 0.05) is 16.7 Å². The molecule has 9 rings (SSSR count). The smallest absolute Gasteiger partial charge is 0.0718 e. The molecule has 52 heavy (non-hydrogen) atoms. The highest BCUT2D eigenvalue weighted by molar-refractivity contribution is 6.15. The number of fused-ring (bicyclic) bond motifs is 8. The van der Waals surface area contributed by atoms with E-state index in [0.29, 0.717) is 0 Å². The Labute approximate surface area is 309 Å². The van der Waals surface area contributed by atoms with Gasteiger partial charge >= 0.3 is 0 Å². The van der Waals surface area contributed by atoms with Crippen molar-refractivity contribution in [2.45, 2.75) is 96.9 Å². The molecule has 0 fully saturated rings. The standard InChI is InChI=1S/C51H51N/c1-48(2,3)39-19-15-31(16-20-39)33-11-13-35-25-42-43-28-41(50(7,8)9)29-44-45-26-36-14-12-34(32-17-21-40(22-18-32)49(4,5)6)24-38(36)30-51(45,10)52(47(43)44)46(42)27-37(35)23-33/h11-30,45H,1-10H3. The van der Waals surface area contributed by atoms with Crippen molar-refractivity contribution in [1.29, 1.82) is 0 Å². The van der Waals surface area contributed by atoms with E-state index in [4.69, 9.17) is 0 Å². The van der Waals surface area contributed by atoms with Gasteiger partial charge in [0.1, 0.15) is 0 Å². The Balaban J connectivity index is 1.25. The summed E-state index contributed by atoms with van der Waals surface area (Å²) in [7, 11) is 0. The van der Waals surface area contributed by atoms with E-state index in [1.807, 2.05) is 0 Å². The summed E-state index contributed by atoms with van der Waals surface area (Å²) in [6, 6.07) is 42.3. The zero-order chi connectivity index (χ0) is 36.5. The third-order valence-corrected chi connectivity index (χ3v) is 12.2.